The zero-order chi connectivity index (χ0) is 17.8. The topological polar surface area (TPSA) is 74.6 Å². The summed E-state index contributed by atoms with van der Waals surface area (Å²) in [6.07, 6.45) is 17.0. The highest BCUT2D eigenvalue weighted by atomic mass is 16.4. The second kappa shape index (κ2) is 11.8. The van der Waals surface area contributed by atoms with Crippen LogP contribution < -0.4 is 0 Å². The number of hydrogen-bond acceptors (Lipinski definition) is 3. The van der Waals surface area contributed by atoms with Crippen molar-refractivity contribution in [3.63, 3.8) is 0 Å². The van der Waals surface area contributed by atoms with E-state index in [4.69, 9.17) is 5.11 Å². The summed E-state index contributed by atoms with van der Waals surface area (Å²) in [6.45, 7) is 2.14. The molecule has 0 heterocycles. The van der Waals surface area contributed by atoms with Crippen LogP contribution in [-0.4, -0.2) is 28.1 Å². The van der Waals surface area contributed by atoms with Gasteiger partial charge in [0.15, 0.2) is 5.78 Å². The number of hydrogen-bond donors (Lipinski definition) is 2. The Balaban J connectivity index is 2.38. The molecule has 1 rings (SSSR count). The molecule has 2 N–H and O–H groups in total. The summed E-state index contributed by atoms with van der Waals surface area (Å²) in [6, 6.07) is 0. The van der Waals surface area contributed by atoms with Crippen molar-refractivity contribution in [3.8, 4) is 0 Å². The molecule has 3 atom stereocenters. The quantitative estimate of drug-likeness (QED) is 0.417. The highest BCUT2D eigenvalue weighted by molar-refractivity contribution is 5.95. The van der Waals surface area contributed by atoms with E-state index < -0.39 is 12.1 Å². The van der Waals surface area contributed by atoms with E-state index in [1.54, 1.807) is 6.08 Å². The molecule has 0 radical (unpaired) electrons. The highest BCUT2D eigenvalue weighted by Crippen LogP contribution is 2.27. The van der Waals surface area contributed by atoms with Crippen molar-refractivity contribution in [3.05, 3.63) is 36.5 Å². The van der Waals surface area contributed by atoms with Gasteiger partial charge in [0.1, 0.15) is 0 Å². The molecule has 24 heavy (non-hydrogen) atoms. The van der Waals surface area contributed by atoms with Crippen LogP contribution in [0.2, 0.25) is 0 Å². The normalized spacial score (nSPS) is 22.0. The van der Waals surface area contributed by atoms with Gasteiger partial charge in [-0.1, -0.05) is 56.6 Å². The lowest BCUT2D eigenvalue weighted by Crippen LogP contribution is -2.14. The third-order valence-corrected chi connectivity index (χ3v) is 4.29. The fourth-order valence-corrected chi connectivity index (χ4v) is 2.81. The average molecular weight is 334 g/mol. The minimum Gasteiger partial charge on any atom is -0.481 e. The first-order valence-corrected chi connectivity index (χ1v) is 8.99. The van der Waals surface area contributed by atoms with Crippen molar-refractivity contribution in [2.45, 2.75) is 64.4 Å². The van der Waals surface area contributed by atoms with Crippen LogP contribution in [0.3, 0.4) is 0 Å². The second-order valence-corrected chi connectivity index (χ2v) is 6.39. The van der Waals surface area contributed by atoms with Gasteiger partial charge in [-0.2, -0.15) is 0 Å². The fraction of sp³-hybridized carbons (Fsp3) is 0.600. The third kappa shape index (κ3) is 8.25. The van der Waals surface area contributed by atoms with E-state index in [1.165, 1.54) is 0 Å². The van der Waals surface area contributed by atoms with E-state index in [1.807, 2.05) is 30.4 Å². The van der Waals surface area contributed by atoms with Crippen LogP contribution in [0.1, 0.15) is 58.3 Å². The molecule has 0 aromatic carbocycles. The number of carboxylic acid groups (broad SMARTS) is 1. The molecule has 0 fully saturated rings. The van der Waals surface area contributed by atoms with Crippen molar-refractivity contribution in [1.29, 1.82) is 0 Å². The number of carbonyl (C=O) groups is 2. The van der Waals surface area contributed by atoms with Gasteiger partial charge in [0.25, 0.3) is 0 Å². The summed E-state index contributed by atoms with van der Waals surface area (Å²) >= 11 is 0. The van der Waals surface area contributed by atoms with Crippen molar-refractivity contribution in [1.82, 2.24) is 0 Å². The van der Waals surface area contributed by atoms with E-state index in [9.17, 15) is 14.7 Å². The lowest BCUT2D eigenvalue weighted by atomic mass is 9.90. The number of rotatable bonds is 12. The molecule has 0 aromatic rings. The largest absolute Gasteiger partial charge is 0.481 e. The van der Waals surface area contributed by atoms with E-state index in [-0.39, 0.29) is 24.0 Å². The summed E-state index contributed by atoms with van der Waals surface area (Å²) in [5, 5.41) is 18.5. The Labute approximate surface area is 145 Å². The van der Waals surface area contributed by atoms with Gasteiger partial charge in [0.2, 0.25) is 0 Å². The molecule has 0 amide bonds. The molecular weight excluding hydrogens is 304 g/mol. The summed E-state index contributed by atoms with van der Waals surface area (Å²) in [7, 11) is 0. The van der Waals surface area contributed by atoms with Crippen LogP contribution in [0, 0.1) is 11.8 Å². The van der Waals surface area contributed by atoms with Gasteiger partial charge in [-0.25, -0.2) is 0 Å². The summed E-state index contributed by atoms with van der Waals surface area (Å²) < 4.78 is 0. The first kappa shape index (κ1) is 20.4. The van der Waals surface area contributed by atoms with Crippen LogP contribution in [0.15, 0.2) is 36.5 Å². The van der Waals surface area contributed by atoms with Crippen molar-refractivity contribution in [2.75, 3.05) is 0 Å². The third-order valence-electron chi connectivity index (χ3n) is 4.29. The maximum Gasteiger partial charge on any atom is 0.303 e. The van der Waals surface area contributed by atoms with E-state index in [2.05, 4.69) is 6.92 Å². The zero-order valence-electron chi connectivity index (χ0n) is 14.6. The number of allylic oxidation sites excluding steroid dienone is 5. The van der Waals surface area contributed by atoms with Crippen molar-refractivity contribution >= 4 is 11.8 Å². The van der Waals surface area contributed by atoms with E-state index in [0.717, 1.165) is 32.1 Å². The van der Waals surface area contributed by atoms with Crippen LogP contribution in [0.25, 0.3) is 0 Å². The minimum atomic E-state index is -0.777. The van der Waals surface area contributed by atoms with Gasteiger partial charge in [0.05, 0.1) is 6.10 Å². The maximum absolute atomic E-state index is 12.0. The predicted molar refractivity (Wildman–Crippen MR) is 95.7 cm³/mol. The molecule has 4 nitrogen and oxygen atoms in total. The summed E-state index contributed by atoms with van der Waals surface area (Å²) in [5.41, 5.74) is 0. The number of carboxylic acids is 1. The minimum absolute atomic E-state index is 0.0435. The monoisotopic (exact) mass is 334 g/mol. The number of aliphatic hydroxyl groups excluding tert-OH is 1. The number of carbonyl (C=O) groups excluding carboxylic acids is 1. The fourth-order valence-electron chi connectivity index (χ4n) is 2.81. The molecule has 0 aromatic heterocycles. The molecule has 4 heteroatoms. The molecule has 0 saturated heterocycles. The molecule has 0 unspecified atom stereocenters. The van der Waals surface area contributed by atoms with Crippen molar-refractivity contribution in [2.24, 2.45) is 11.8 Å². The molecule has 0 bridgehead atoms. The first-order chi connectivity index (χ1) is 11.5. The first-order valence-electron chi connectivity index (χ1n) is 8.99. The van der Waals surface area contributed by atoms with Crippen LogP contribution >= 0.6 is 0 Å². The smallest absolute Gasteiger partial charge is 0.303 e. The Morgan fingerprint density at radius 1 is 1.29 bits per heavy atom. The Kier molecular flexibility index (Phi) is 10.0. The van der Waals surface area contributed by atoms with Crippen LogP contribution in [0.5, 0.6) is 0 Å². The van der Waals surface area contributed by atoms with Gasteiger partial charge in [-0.15, -0.1) is 0 Å². The lowest BCUT2D eigenvalue weighted by molar-refractivity contribution is -0.137. The SMILES string of the molecule is CCCCC[C@@H](O)/C=C/[C@H]1C=CC(=O)[C@@H]1CC=CCCCC(=O)O. The number of unbranched alkanes of at least 4 members (excludes halogenated alkanes) is 3. The molecule has 1 aliphatic carbocycles. The second-order valence-electron chi connectivity index (χ2n) is 6.39. The van der Waals surface area contributed by atoms with Gasteiger partial charge in [0, 0.05) is 18.3 Å². The Morgan fingerprint density at radius 3 is 2.79 bits per heavy atom. The van der Waals surface area contributed by atoms with Gasteiger partial charge < -0.3 is 10.2 Å². The molecule has 1 aliphatic rings. The van der Waals surface area contributed by atoms with Crippen LogP contribution in [0.4, 0.5) is 0 Å². The Bertz CT molecular complexity index is 476. The van der Waals surface area contributed by atoms with Gasteiger partial charge in [-0.3, -0.25) is 9.59 Å². The maximum atomic E-state index is 12.0. The highest BCUT2D eigenvalue weighted by Gasteiger charge is 2.27. The summed E-state index contributed by atoms with van der Waals surface area (Å²) in [4.78, 5) is 22.4. The molecule has 0 spiro atoms. The molecular formula is C20H30O4. The number of aliphatic carboxylic acids is 1. The standard InChI is InChI=1S/C20H30O4/c1-2-3-6-9-17(21)14-12-16-13-15-19(22)18(16)10-7-4-5-8-11-20(23)24/h4,7,12-18,21H,2-3,5-6,8-11H2,1H3,(H,23,24)/b7-4?,14-12+/t16-,17+,18+/m0/s1. The van der Waals surface area contributed by atoms with Gasteiger partial charge in [-0.05, 0) is 31.8 Å². The van der Waals surface area contributed by atoms with E-state index >= 15 is 0 Å². The molecule has 0 aliphatic heterocycles. The number of ketones is 1. The number of aliphatic hydroxyl groups is 1. The van der Waals surface area contributed by atoms with E-state index in [0.29, 0.717) is 12.8 Å². The Hall–Kier alpha value is -1.68. The summed E-state index contributed by atoms with van der Waals surface area (Å²) in [5.74, 6) is -0.705. The van der Waals surface area contributed by atoms with Crippen LogP contribution in [-0.2, 0) is 9.59 Å². The average Bonchev–Trinajstić information content (AvgIpc) is 2.89. The molecule has 134 valence electrons. The Morgan fingerprint density at radius 2 is 2.08 bits per heavy atom. The lowest BCUT2D eigenvalue weighted by Gasteiger charge is -2.13. The van der Waals surface area contributed by atoms with Gasteiger partial charge >= 0.3 is 5.97 Å². The van der Waals surface area contributed by atoms with Crippen molar-refractivity contribution < 1.29 is 19.8 Å². The zero-order valence-corrected chi connectivity index (χ0v) is 14.6. The molecule has 0 saturated carbocycles. The predicted octanol–water partition coefficient (Wildman–Crippen LogP) is 4.06.